The largest absolute Gasteiger partial charge is 0.447 e. The second-order valence-corrected chi connectivity index (χ2v) is 3.56. The van der Waals surface area contributed by atoms with E-state index < -0.39 is 6.09 Å². The Morgan fingerprint density at radius 3 is 2.73 bits per heavy atom. The number of nitrogens with one attached hydrogen (secondary N) is 1. The van der Waals surface area contributed by atoms with Gasteiger partial charge in [0, 0.05) is 6.54 Å². The third-order valence-electron chi connectivity index (χ3n) is 2.35. The van der Waals surface area contributed by atoms with Crippen LogP contribution in [0.4, 0.5) is 4.79 Å². The maximum atomic E-state index is 10.9. The molecule has 0 aromatic heterocycles. The number of hydrogen-bond acceptors (Lipinski definition) is 4. The molecule has 0 aromatic carbocycles. The van der Waals surface area contributed by atoms with Crippen LogP contribution in [-0.2, 0) is 9.47 Å². The average Bonchev–Trinajstić information content (AvgIpc) is 2.74. The highest BCUT2D eigenvalue weighted by Crippen LogP contribution is 2.20. The molecule has 5 heteroatoms. The van der Waals surface area contributed by atoms with Gasteiger partial charge < -0.3 is 19.9 Å². The van der Waals surface area contributed by atoms with Crippen molar-refractivity contribution < 1.29 is 19.4 Å². The van der Waals surface area contributed by atoms with Gasteiger partial charge in [0.2, 0.25) is 0 Å². The van der Waals surface area contributed by atoms with Gasteiger partial charge in [-0.15, -0.1) is 0 Å². The molecule has 0 radical (unpaired) electrons. The molecule has 1 aliphatic rings. The number of alkyl carbamates (subject to hydrolysis) is 1. The molecule has 5 nitrogen and oxygen atoms in total. The lowest BCUT2D eigenvalue weighted by molar-refractivity contribution is 0.0580. The molecule has 0 heterocycles. The Hall–Kier alpha value is -0.810. The smallest absolute Gasteiger partial charge is 0.407 e. The van der Waals surface area contributed by atoms with E-state index in [1.165, 1.54) is 12.8 Å². The Labute approximate surface area is 89.8 Å². The van der Waals surface area contributed by atoms with Gasteiger partial charge in [-0.3, -0.25) is 0 Å². The molecule has 0 aliphatic heterocycles. The summed E-state index contributed by atoms with van der Waals surface area (Å²) in [7, 11) is 0. The normalized spacial score (nSPS) is 16.6. The molecule has 0 saturated heterocycles. The van der Waals surface area contributed by atoms with E-state index in [0.29, 0.717) is 19.3 Å². The van der Waals surface area contributed by atoms with Gasteiger partial charge in [0.1, 0.15) is 6.61 Å². The van der Waals surface area contributed by atoms with E-state index in [9.17, 15) is 4.79 Å². The Kier molecular flexibility index (Phi) is 6.11. The van der Waals surface area contributed by atoms with Crippen LogP contribution in [0.5, 0.6) is 0 Å². The fourth-order valence-electron chi connectivity index (χ4n) is 1.62. The molecule has 0 bridgehead atoms. The van der Waals surface area contributed by atoms with Crippen LogP contribution in [0, 0.1) is 0 Å². The minimum Gasteiger partial charge on any atom is -0.447 e. The number of amides is 1. The lowest BCUT2D eigenvalue weighted by Gasteiger charge is -2.11. The fraction of sp³-hybridized carbons (Fsp3) is 0.900. The molecule has 1 rings (SSSR count). The van der Waals surface area contributed by atoms with Crippen LogP contribution >= 0.6 is 0 Å². The first kappa shape index (κ1) is 12.3. The Morgan fingerprint density at radius 1 is 1.33 bits per heavy atom. The lowest BCUT2D eigenvalue weighted by atomic mass is 10.3. The van der Waals surface area contributed by atoms with E-state index in [1.54, 1.807) is 0 Å². The maximum absolute atomic E-state index is 10.9. The van der Waals surface area contributed by atoms with Crippen molar-refractivity contribution in [3.8, 4) is 0 Å². The van der Waals surface area contributed by atoms with Crippen molar-refractivity contribution >= 4 is 6.09 Å². The molecule has 1 aliphatic carbocycles. The molecule has 1 saturated carbocycles. The van der Waals surface area contributed by atoms with Crippen molar-refractivity contribution in [2.24, 2.45) is 0 Å². The molecule has 0 atom stereocenters. The number of hydrogen-bond donors (Lipinski definition) is 2. The highest BCUT2D eigenvalue weighted by Gasteiger charge is 2.14. The van der Waals surface area contributed by atoms with Crippen LogP contribution in [0.1, 0.15) is 25.7 Å². The third kappa shape index (κ3) is 5.59. The van der Waals surface area contributed by atoms with Gasteiger partial charge in [-0.2, -0.15) is 0 Å². The minimum atomic E-state index is -0.501. The first-order chi connectivity index (χ1) is 7.33. The Morgan fingerprint density at radius 2 is 2.07 bits per heavy atom. The van der Waals surface area contributed by atoms with Crippen LogP contribution in [0.2, 0.25) is 0 Å². The van der Waals surface area contributed by atoms with Crippen molar-refractivity contribution in [3.05, 3.63) is 0 Å². The summed E-state index contributed by atoms with van der Waals surface area (Å²) in [4.78, 5) is 10.9. The first-order valence-electron chi connectivity index (χ1n) is 5.46. The van der Waals surface area contributed by atoms with Crippen LogP contribution in [0.3, 0.4) is 0 Å². The second-order valence-electron chi connectivity index (χ2n) is 3.56. The SMILES string of the molecule is O=C(NCCOC1CCCC1)OCCO. The Balaban J connectivity index is 1.89. The maximum Gasteiger partial charge on any atom is 0.407 e. The highest BCUT2D eigenvalue weighted by molar-refractivity contribution is 5.66. The van der Waals surface area contributed by atoms with Gasteiger partial charge in [0.15, 0.2) is 0 Å². The van der Waals surface area contributed by atoms with Gasteiger partial charge in [0.05, 0.1) is 19.3 Å². The number of rotatable bonds is 6. The zero-order chi connectivity index (χ0) is 10.9. The number of carbonyl (C=O) groups is 1. The zero-order valence-corrected chi connectivity index (χ0v) is 8.91. The van der Waals surface area contributed by atoms with Gasteiger partial charge in [0.25, 0.3) is 0 Å². The fourth-order valence-corrected chi connectivity index (χ4v) is 1.62. The molecular formula is C10H19NO4. The number of aliphatic hydroxyl groups is 1. The standard InChI is InChI=1S/C10H19NO4/c12-6-8-15-10(13)11-5-7-14-9-3-1-2-4-9/h9,12H,1-8H2,(H,11,13). The molecule has 0 unspecified atom stereocenters. The summed E-state index contributed by atoms with van der Waals surface area (Å²) >= 11 is 0. The minimum absolute atomic E-state index is 0.0370. The third-order valence-corrected chi connectivity index (χ3v) is 2.35. The van der Waals surface area contributed by atoms with E-state index in [2.05, 4.69) is 10.1 Å². The van der Waals surface area contributed by atoms with E-state index in [4.69, 9.17) is 9.84 Å². The summed E-state index contributed by atoms with van der Waals surface area (Å²) in [5.41, 5.74) is 0. The lowest BCUT2D eigenvalue weighted by Crippen LogP contribution is -2.29. The van der Waals surface area contributed by atoms with Crippen molar-refractivity contribution in [1.82, 2.24) is 5.32 Å². The Bertz CT molecular complexity index is 180. The molecule has 15 heavy (non-hydrogen) atoms. The summed E-state index contributed by atoms with van der Waals surface area (Å²) in [6.45, 7) is 0.876. The van der Waals surface area contributed by atoms with Crippen molar-refractivity contribution in [2.75, 3.05) is 26.4 Å². The molecule has 1 fully saturated rings. The monoisotopic (exact) mass is 217 g/mol. The number of carbonyl (C=O) groups excluding carboxylic acids is 1. The van der Waals surface area contributed by atoms with E-state index in [-0.39, 0.29) is 13.2 Å². The van der Waals surface area contributed by atoms with Gasteiger partial charge in [-0.1, -0.05) is 12.8 Å². The van der Waals surface area contributed by atoms with Gasteiger partial charge in [-0.05, 0) is 12.8 Å². The van der Waals surface area contributed by atoms with Crippen LogP contribution in [0.25, 0.3) is 0 Å². The summed E-state index contributed by atoms with van der Waals surface area (Å²) in [6, 6.07) is 0. The first-order valence-corrected chi connectivity index (χ1v) is 5.46. The molecule has 88 valence electrons. The highest BCUT2D eigenvalue weighted by atomic mass is 16.6. The van der Waals surface area contributed by atoms with E-state index in [0.717, 1.165) is 12.8 Å². The summed E-state index contributed by atoms with van der Waals surface area (Å²) in [5.74, 6) is 0. The van der Waals surface area contributed by atoms with E-state index >= 15 is 0 Å². The molecule has 0 aromatic rings. The molecule has 2 N–H and O–H groups in total. The molecular weight excluding hydrogens is 198 g/mol. The summed E-state index contributed by atoms with van der Waals surface area (Å²) in [5, 5.41) is 10.9. The molecule has 0 spiro atoms. The predicted molar refractivity (Wildman–Crippen MR) is 54.6 cm³/mol. The van der Waals surface area contributed by atoms with Crippen LogP contribution in [0.15, 0.2) is 0 Å². The molecule has 1 amide bonds. The van der Waals surface area contributed by atoms with Gasteiger partial charge >= 0.3 is 6.09 Å². The van der Waals surface area contributed by atoms with Crippen molar-refractivity contribution in [3.63, 3.8) is 0 Å². The number of ether oxygens (including phenoxy) is 2. The summed E-state index contributed by atoms with van der Waals surface area (Å²) in [6.07, 6.45) is 4.64. The van der Waals surface area contributed by atoms with Crippen LogP contribution in [-0.4, -0.2) is 43.7 Å². The predicted octanol–water partition coefficient (Wildman–Crippen LogP) is 0.664. The van der Waals surface area contributed by atoms with Crippen LogP contribution < -0.4 is 5.32 Å². The average molecular weight is 217 g/mol. The van der Waals surface area contributed by atoms with E-state index in [1.807, 2.05) is 0 Å². The van der Waals surface area contributed by atoms with Gasteiger partial charge in [-0.25, -0.2) is 4.79 Å². The quantitative estimate of drug-likeness (QED) is 0.641. The van der Waals surface area contributed by atoms with Crippen molar-refractivity contribution in [2.45, 2.75) is 31.8 Å². The topological polar surface area (TPSA) is 67.8 Å². The number of aliphatic hydroxyl groups excluding tert-OH is 1. The zero-order valence-electron chi connectivity index (χ0n) is 8.91. The van der Waals surface area contributed by atoms with Crippen molar-refractivity contribution in [1.29, 1.82) is 0 Å². The summed E-state index contributed by atoms with van der Waals surface area (Å²) < 4.78 is 10.1. The second kappa shape index (κ2) is 7.48.